The summed E-state index contributed by atoms with van der Waals surface area (Å²) in [7, 11) is -1.58. The van der Waals surface area contributed by atoms with Gasteiger partial charge in [-0.25, -0.2) is 8.42 Å². The van der Waals surface area contributed by atoms with E-state index in [1.807, 2.05) is 20.8 Å². The van der Waals surface area contributed by atoms with Crippen LogP contribution in [0.3, 0.4) is 0 Å². The summed E-state index contributed by atoms with van der Waals surface area (Å²) in [5.41, 5.74) is 0.789. The maximum absolute atomic E-state index is 11.8. The van der Waals surface area contributed by atoms with Crippen LogP contribution in [0.4, 0.5) is 5.82 Å². The van der Waals surface area contributed by atoms with Crippen molar-refractivity contribution in [2.45, 2.75) is 33.2 Å². The van der Waals surface area contributed by atoms with Gasteiger partial charge in [0.2, 0.25) is 10.0 Å². The Balaban J connectivity index is 2.47. The SMILES string of the molecule is Cc1cc(NS(=O)(=O)CCCNC(C)C)n(C)n1. The van der Waals surface area contributed by atoms with E-state index in [0.29, 0.717) is 24.8 Å². The third-order valence-corrected chi connectivity index (χ3v) is 3.75. The van der Waals surface area contributed by atoms with Gasteiger partial charge in [0.15, 0.2) is 0 Å². The van der Waals surface area contributed by atoms with Crippen LogP contribution in [0.5, 0.6) is 0 Å². The van der Waals surface area contributed by atoms with Crippen LogP contribution < -0.4 is 10.0 Å². The lowest BCUT2D eigenvalue weighted by molar-refractivity contribution is 0.570. The average molecular weight is 274 g/mol. The largest absolute Gasteiger partial charge is 0.314 e. The fourth-order valence-corrected chi connectivity index (χ4v) is 2.71. The lowest BCUT2D eigenvalue weighted by Crippen LogP contribution is -2.27. The van der Waals surface area contributed by atoms with Crippen molar-refractivity contribution in [3.63, 3.8) is 0 Å². The molecule has 0 radical (unpaired) electrons. The van der Waals surface area contributed by atoms with Gasteiger partial charge in [0, 0.05) is 19.2 Å². The van der Waals surface area contributed by atoms with Gasteiger partial charge in [0.05, 0.1) is 11.4 Å². The quantitative estimate of drug-likeness (QED) is 0.723. The molecule has 0 fully saturated rings. The van der Waals surface area contributed by atoms with Crippen LogP contribution in [0, 0.1) is 6.92 Å². The van der Waals surface area contributed by atoms with Crippen molar-refractivity contribution in [1.82, 2.24) is 15.1 Å². The fraction of sp³-hybridized carbons (Fsp3) is 0.727. The van der Waals surface area contributed by atoms with E-state index in [-0.39, 0.29) is 5.75 Å². The number of nitrogens with zero attached hydrogens (tertiary/aromatic N) is 2. The Labute approximate surface area is 109 Å². The monoisotopic (exact) mass is 274 g/mol. The van der Waals surface area contributed by atoms with Crippen molar-refractivity contribution in [3.8, 4) is 0 Å². The predicted molar refractivity (Wildman–Crippen MR) is 73.1 cm³/mol. The minimum atomic E-state index is -3.29. The first-order valence-electron chi connectivity index (χ1n) is 6.04. The molecule has 6 nitrogen and oxygen atoms in total. The number of aromatic nitrogens is 2. The van der Waals surface area contributed by atoms with E-state index in [1.165, 1.54) is 4.68 Å². The predicted octanol–water partition coefficient (Wildman–Crippen LogP) is 0.858. The molecular weight excluding hydrogens is 252 g/mol. The molecule has 0 aliphatic rings. The summed E-state index contributed by atoms with van der Waals surface area (Å²) in [6.07, 6.45) is 0.588. The number of sulfonamides is 1. The second-order valence-corrected chi connectivity index (χ2v) is 6.52. The fourth-order valence-electron chi connectivity index (χ4n) is 1.57. The van der Waals surface area contributed by atoms with Gasteiger partial charge in [0.25, 0.3) is 0 Å². The topological polar surface area (TPSA) is 76.0 Å². The summed E-state index contributed by atoms with van der Waals surface area (Å²) < 4.78 is 27.7. The van der Waals surface area contributed by atoms with E-state index >= 15 is 0 Å². The molecule has 1 aromatic rings. The van der Waals surface area contributed by atoms with Crippen LogP contribution in [0.2, 0.25) is 0 Å². The maximum atomic E-state index is 11.8. The highest BCUT2D eigenvalue weighted by Crippen LogP contribution is 2.10. The number of anilines is 1. The number of hydrogen-bond acceptors (Lipinski definition) is 4. The molecule has 0 unspecified atom stereocenters. The first kappa shape index (κ1) is 15.0. The molecular formula is C11H22N4O2S. The van der Waals surface area contributed by atoms with Crippen molar-refractivity contribution in [1.29, 1.82) is 0 Å². The molecule has 0 spiro atoms. The van der Waals surface area contributed by atoms with E-state index < -0.39 is 10.0 Å². The number of nitrogens with one attached hydrogen (secondary N) is 2. The Morgan fingerprint density at radius 2 is 2.11 bits per heavy atom. The maximum Gasteiger partial charge on any atom is 0.233 e. The third-order valence-electron chi connectivity index (χ3n) is 2.40. The third kappa shape index (κ3) is 5.05. The molecule has 1 heterocycles. The van der Waals surface area contributed by atoms with Crippen LogP contribution in [-0.4, -0.2) is 36.5 Å². The number of hydrogen-bond donors (Lipinski definition) is 2. The van der Waals surface area contributed by atoms with Gasteiger partial charge in [-0.05, 0) is 19.9 Å². The Morgan fingerprint density at radius 3 is 2.61 bits per heavy atom. The molecule has 0 aliphatic carbocycles. The van der Waals surface area contributed by atoms with E-state index in [1.54, 1.807) is 13.1 Å². The molecule has 0 aliphatic heterocycles. The molecule has 0 amide bonds. The Bertz CT molecular complexity index is 479. The zero-order valence-corrected chi connectivity index (χ0v) is 12.2. The average Bonchev–Trinajstić information content (AvgIpc) is 2.51. The summed E-state index contributed by atoms with van der Waals surface area (Å²) in [6, 6.07) is 2.09. The Kier molecular flexibility index (Phi) is 5.15. The molecule has 1 aromatic heterocycles. The molecule has 0 saturated carbocycles. The van der Waals surface area contributed by atoms with Crippen LogP contribution in [0.15, 0.2) is 6.07 Å². The highest BCUT2D eigenvalue weighted by atomic mass is 32.2. The lowest BCUT2D eigenvalue weighted by atomic mass is 10.4. The molecule has 0 aromatic carbocycles. The molecule has 0 bridgehead atoms. The summed E-state index contributed by atoms with van der Waals surface area (Å²) in [4.78, 5) is 0. The zero-order chi connectivity index (χ0) is 13.8. The van der Waals surface area contributed by atoms with Crippen molar-refractivity contribution in [3.05, 3.63) is 11.8 Å². The van der Waals surface area contributed by atoms with E-state index in [2.05, 4.69) is 15.1 Å². The number of rotatable bonds is 7. The van der Waals surface area contributed by atoms with E-state index in [4.69, 9.17) is 0 Å². The number of aryl methyl sites for hydroxylation is 2. The molecule has 1 rings (SSSR count). The first-order valence-corrected chi connectivity index (χ1v) is 7.70. The molecule has 7 heteroatoms. The van der Waals surface area contributed by atoms with Gasteiger partial charge in [-0.15, -0.1) is 0 Å². The van der Waals surface area contributed by atoms with Gasteiger partial charge in [-0.1, -0.05) is 13.8 Å². The standard InChI is InChI=1S/C11H22N4O2S/c1-9(2)12-6-5-7-18(16,17)14-11-8-10(3)13-15(11)4/h8-9,12,14H,5-7H2,1-4H3. The normalized spacial score (nSPS) is 12.1. The Hall–Kier alpha value is -1.08. The van der Waals surface area contributed by atoms with Gasteiger partial charge in [-0.3, -0.25) is 9.40 Å². The molecule has 2 N–H and O–H groups in total. The van der Waals surface area contributed by atoms with Crippen LogP contribution in [-0.2, 0) is 17.1 Å². The van der Waals surface area contributed by atoms with Crippen molar-refractivity contribution >= 4 is 15.8 Å². The van der Waals surface area contributed by atoms with Crippen molar-refractivity contribution in [2.24, 2.45) is 7.05 Å². The smallest absolute Gasteiger partial charge is 0.233 e. The van der Waals surface area contributed by atoms with Crippen LogP contribution in [0.25, 0.3) is 0 Å². The first-order chi connectivity index (χ1) is 8.30. The van der Waals surface area contributed by atoms with Crippen molar-refractivity contribution in [2.75, 3.05) is 17.0 Å². The summed E-state index contributed by atoms with van der Waals surface area (Å²) in [5, 5.41) is 7.28. The van der Waals surface area contributed by atoms with Gasteiger partial charge in [0.1, 0.15) is 5.82 Å². The zero-order valence-electron chi connectivity index (χ0n) is 11.4. The Morgan fingerprint density at radius 1 is 1.44 bits per heavy atom. The van der Waals surface area contributed by atoms with Gasteiger partial charge in [-0.2, -0.15) is 5.10 Å². The lowest BCUT2D eigenvalue weighted by Gasteiger charge is -2.09. The molecule has 18 heavy (non-hydrogen) atoms. The van der Waals surface area contributed by atoms with E-state index in [9.17, 15) is 8.42 Å². The van der Waals surface area contributed by atoms with Crippen LogP contribution in [0.1, 0.15) is 26.0 Å². The van der Waals surface area contributed by atoms with Gasteiger partial charge >= 0.3 is 0 Å². The minimum Gasteiger partial charge on any atom is -0.314 e. The minimum absolute atomic E-state index is 0.108. The van der Waals surface area contributed by atoms with Crippen LogP contribution >= 0.6 is 0 Å². The van der Waals surface area contributed by atoms with Crippen molar-refractivity contribution < 1.29 is 8.42 Å². The van der Waals surface area contributed by atoms with Gasteiger partial charge < -0.3 is 5.32 Å². The van der Waals surface area contributed by atoms with E-state index in [0.717, 1.165) is 5.69 Å². The second-order valence-electron chi connectivity index (χ2n) is 4.68. The summed E-state index contributed by atoms with van der Waals surface area (Å²) in [6.45, 7) is 6.59. The highest BCUT2D eigenvalue weighted by Gasteiger charge is 2.12. The summed E-state index contributed by atoms with van der Waals surface area (Å²) in [5.74, 6) is 0.612. The molecule has 104 valence electrons. The second kappa shape index (κ2) is 6.19. The molecule has 0 saturated heterocycles. The molecule has 0 atom stereocenters. The summed E-state index contributed by atoms with van der Waals surface area (Å²) >= 11 is 0. The highest BCUT2D eigenvalue weighted by molar-refractivity contribution is 7.92.